The highest BCUT2D eigenvalue weighted by atomic mass is 16.5. The minimum absolute atomic E-state index is 0.533. The number of carboxylic acid groups (broad SMARTS) is 1. The van der Waals surface area contributed by atoms with Crippen LogP contribution in [0.3, 0.4) is 0 Å². The van der Waals surface area contributed by atoms with E-state index in [0.717, 1.165) is 16.7 Å². The van der Waals surface area contributed by atoms with Gasteiger partial charge in [0, 0.05) is 5.56 Å². The van der Waals surface area contributed by atoms with E-state index in [9.17, 15) is 9.90 Å². The topological polar surface area (TPSA) is 46.5 Å². The highest BCUT2D eigenvalue weighted by Gasteiger charge is 2.21. The Labute approximate surface area is 118 Å². The van der Waals surface area contributed by atoms with Crippen LogP contribution >= 0.6 is 0 Å². The van der Waals surface area contributed by atoms with Gasteiger partial charge in [0.25, 0.3) is 0 Å². The molecule has 0 heterocycles. The molecule has 1 unspecified atom stereocenters. The van der Waals surface area contributed by atoms with Crippen LogP contribution in [0.2, 0.25) is 0 Å². The molecule has 0 aromatic heterocycles. The van der Waals surface area contributed by atoms with E-state index in [-0.39, 0.29) is 0 Å². The van der Waals surface area contributed by atoms with E-state index in [1.807, 2.05) is 55.5 Å². The molecule has 0 fully saturated rings. The van der Waals surface area contributed by atoms with Crippen molar-refractivity contribution in [3.8, 4) is 16.9 Å². The Morgan fingerprint density at radius 2 is 1.85 bits per heavy atom. The first-order valence-electron chi connectivity index (χ1n) is 6.63. The predicted octanol–water partition coefficient (Wildman–Crippen LogP) is 3.94. The molecule has 2 aromatic carbocycles. The summed E-state index contributed by atoms with van der Waals surface area (Å²) >= 11 is 0. The number of ether oxygens (including phenoxy) is 1. The van der Waals surface area contributed by atoms with Crippen molar-refractivity contribution < 1.29 is 14.6 Å². The quantitative estimate of drug-likeness (QED) is 0.895. The van der Waals surface area contributed by atoms with Crippen LogP contribution in [0.15, 0.2) is 48.5 Å². The van der Waals surface area contributed by atoms with Crippen LogP contribution in [0, 0.1) is 0 Å². The Kier molecular flexibility index (Phi) is 4.41. The summed E-state index contributed by atoms with van der Waals surface area (Å²) in [6.45, 7) is 1.86. The van der Waals surface area contributed by atoms with Crippen molar-refractivity contribution in [2.75, 3.05) is 7.11 Å². The molecule has 0 aliphatic rings. The molecule has 2 rings (SSSR count). The van der Waals surface area contributed by atoms with Crippen molar-refractivity contribution in [2.24, 2.45) is 0 Å². The summed E-state index contributed by atoms with van der Waals surface area (Å²) < 4.78 is 5.38. The second kappa shape index (κ2) is 6.24. The minimum atomic E-state index is -0.821. The monoisotopic (exact) mass is 270 g/mol. The molecule has 0 saturated heterocycles. The molecule has 20 heavy (non-hydrogen) atoms. The average molecular weight is 270 g/mol. The Morgan fingerprint density at radius 3 is 2.40 bits per heavy atom. The van der Waals surface area contributed by atoms with Crippen LogP contribution in [0.5, 0.6) is 5.75 Å². The average Bonchev–Trinajstić information content (AvgIpc) is 2.48. The molecule has 0 amide bonds. The minimum Gasteiger partial charge on any atom is -0.496 e. The lowest BCUT2D eigenvalue weighted by Gasteiger charge is -2.15. The van der Waals surface area contributed by atoms with Gasteiger partial charge < -0.3 is 9.84 Å². The summed E-state index contributed by atoms with van der Waals surface area (Å²) in [5, 5.41) is 9.28. The van der Waals surface area contributed by atoms with Gasteiger partial charge in [0.05, 0.1) is 13.0 Å². The van der Waals surface area contributed by atoms with Gasteiger partial charge in [-0.3, -0.25) is 4.79 Å². The van der Waals surface area contributed by atoms with Crippen LogP contribution in [0.25, 0.3) is 11.1 Å². The molecule has 1 N–H and O–H groups in total. The second-order valence-corrected chi connectivity index (χ2v) is 4.62. The Bertz CT molecular complexity index is 590. The van der Waals surface area contributed by atoms with Gasteiger partial charge in [0.1, 0.15) is 5.75 Å². The summed E-state index contributed by atoms with van der Waals surface area (Å²) in [7, 11) is 1.57. The Balaban J connectivity index is 2.45. The Hall–Kier alpha value is -2.29. The fourth-order valence-corrected chi connectivity index (χ4v) is 2.34. The number of methoxy groups -OCH3 is 1. The SMILES string of the molecule is CCC(C(=O)O)c1ccc(-c2ccccc2)cc1OC. The second-order valence-electron chi connectivity index (χ2n) is 4.62. The number of carbonyl (C=O) groups is 1. The fourth-order valence-electron chi connectivity index (χ4n) is 2.34. The molecule has 3 nitrogen and oxygen atoms in total. The van der Waals surface area contributed by atoms with Crippen LogP contribution < -0.4 is 4.74 Å². The summed E-state index contributed by atoms with van der Waals surface area (Å²) in [5.74, 6) is -0.728. The molecule has 0 aliphatic carbocycles. The fraction of sp³-hybridized carbons (Fsp3) is 0.235. The van der Waals surface area contributed by atoms with Gasteiger partial charge in [-0.2, -0.15) is 0 Å². The number of hydrogen-bond acceptors (Lipinski definition) is 2. The van der Waals surface area contributed by atoms with Gasteiger partial charge in [-0.25, -0.2) is 0 Å². The smallest absolute Gasteiger partial charge is 0.311 e. The molecule has 0 spiro atoms. The Morgan fingerprint density at radius 1 is 1.15 bits per heavy atom. The van der Waals surface area contributed by atoms with Crippen LogP contribution in [0.4, 0.5) is 0 Å². The molecule has 0 bridgehead atoms. The number of rotatable bonds is 5. The van der Waals surface area contributed by atoms with Crippen molar-refractivity contribution >= 4 is 5.97 Å². The summed E-state index contributed by atoms with van der Waals surface area (Å²) in [5.41, 5.74) is 2.83. The maximum absolute atomic E-state index is 11.3. The molecular formula is C17H18O3. The molecule has 1 atom stereocenters. The van der Waals surface area contributed by atoms with E-state index in [2.05, 4.69) is 0 Å². The normalized spacial score (nSPS) is 11.9. The first-order chi connectivity index (χ1) is 9.67. The maximum atomic E-state index is 11.3. The maximum Gasteiger partial charge on any atom is 0.311 e. The van der Waals surface area contributed by atoms with Crippen LogP contribution in [-0.4, -0.2) is 18.2 Å². The lowest BCUT2D eigenvalue weighted by molar-refractivity contribution is -0.138. The van der Waals surface area contributed by atoms with Gasteiger partial charge in [-0.1, -0.05) is 49.4 Å². The van der Waals surface area contributed by atoms with Gasteiger partial charge >= 0.3 is 5.97 Å². The number of hydrogen-bond donors (Lipinski definition) is 1. The third-order valence-corrected chi connectivity index (χ3v) is 3.42. The number of aliphatic carboxylic acids is 1. The summed E-state index contributed by atoms with van der Waals surface area (Å²) in [4.78, 5) is 11.3. The lowest BCUT2D eigenvalue weighted by Crippen LogP contribution is -2.11. The van der Waals surface area contributed by atoms with E-state index in [0.29, 0.717) is 12.2 Å². The molecule has 0 aliphatic heterocycles. The molecule has 0 saturated carbocycles. The molecule has 0 radical (unpaired) electrons. The van der Waals surface area contributed by atoms with Gasteiger partial charge in [0.15, 0.2) is 0 Å². The largest absolute Gasteiger partial charge is 0.496 e. The predicted molar refractivity (Wildman–Crippen MR) is 79.1 cm³/mol. The van der Waals surface area contributed by atoms with Crippen molar-refractivity contribution in [1.82, 2.24) is 0 Å². The molecule has 104 valence electrons. The zero-order valence-corrected chi connectivity index (χ0v) is 11.7. The van der Waals surface area contributed by atoms with Crippen molar-refractivity contribution in [3.63, 3.8) is 0 Å². The van der Waals surface area contributed by atoms with E-state index < -0.39 is 11.9 Å². The van der Waals surface area contributed by atoms with Crippen LogP contribution in [0.1, 0.15) is 24.8 Å². The standard InChI is InChI=1S/C17H18O3/c1-3-14(17(18)19)15-10-9-13(11-16(15)20-2)12-7-5-4-6-8-12/h4-11,14H,3H2,1-2H3,(H,18,19). The van der Waals surface area contributed by atoms with Crippen molar-refractivity contribution in [2.45, 2.75) is 19.3 Å². The number of benzene rings is 2. The van der Waals surface area contributed by atoms with Gasteiger partial charge in [-0.05, 0) is 23.6 Å². The summed E-state index contributed by atoms with van der Waals surface area (Å²) in [6.07, 6.45) is 0.538. The van der Waals surface area contributed by atoms with Gasteiger partial charge in [0.2, 0.25) is 0 Å². The van der Waals surface area contributed by atoms with Crippen molar-refractivity contribution in [3.05, 3.63) is 54.1 Å². The lowest BCUT2D eigenvalue weighted by atomic mass is 9.93. The first-order valence-corrected chi connectivity index (χ1v) is 6.63. The zero-order valence-electron chi connectivity index (χ0n) is 11.7. The third-order valence-electron chi connectivity index (χ3n) is 3.42. The van der Waals surface area contributed by atoms with Gasteiger partial charge in [-0.15, -0.1) is 0 Å². The summed E-state index contributed by atoms with van der Waals surface area (Å²) in [6, 6.07) is 15.6. The third kappa shape index (κ3) is 2.82. The van der Waals surface area contributed by atoms with Crippen molar-refractivity contribution in [1.29, 1.82) is 0 Å². The number of carboxylic acids is 1. The van der Waals surface area contributed by atoms with E-state index in [1.54, 1.807) is 7.11 Å². The highest BCUT2D eigenvalue weighted by Crippen LogP contribution is 2.33. The van der Waals surface area contributed by atoms with Crippen LogP contribution in [-0.2, 0) is 4.79 Å². The van der Waals surface area contributed by atoms with E-state index in [4.69, 9.17) is 4.74 Å². The first kappa shape index (κ1) is 14.1. The van der Waals surface area contributed by atoms with E-state index in [1.165, 1.54) is 0 Å². The molecule has 2 aromatic rings. The molecular weight excluding hydrogens is 252 g/mol. The van der Waals surface area contributed by atoms with E-state index >= 15 is 0 Å². The highest BCUT2D eigenvalue weighted by molar-refractivity contribution is 5.78. The molecule has 3 heteroatoms. The zero-order chi connectivity index (χ0) is 14.5.